The van der Waals surface area contributed by atoms with Gasteiger partial charge in [0.25, 0.3) is 0 Å². The maximum atomic E-state index is 5.74. The Hall–Kier alpha value is -0.480. The minimum Gasteiger partial charge on any atom is -0.376 e. The van der Waals surface area contributed by atoms with Crippen LogP contribution in [0.25, 0.3) is 0 Å². The summed E-state index contributed by atoms with van der Waals surface area (Å²) in [6.07, 6.45) is 2.77. The van der Waals surface area contributed by atoms with Crippen LogP contribution >= 0.6 is 11.8 Å². The highest BCUT2D eigenvalue weighted by Crippen LogP contribution is 2.25. The average Bonchev–Trinajstić information content (AvgIpc) is 2.91. The van der Waals surface area contributed by atoms with Crippen molar-refractivity contribution in [1.29, 1.82) is 0 Å². The van der Waals surface area contributed by atoms with Crippen LogP contribution in [0.1, 0.15) is 38.1 Å². The third-order valence-corrected chi connectivity index (χ3v) is 4.78. The highest BCUT2D eigenvalue weighted by atomic mass is 32.2. The first-order valence-electron chi connectivity index (χ1n) is 6.86. The zero-order valence-electron chi connectivity index (χ0n) is 11.9. The van der Waals surface area contributed by atoms with Gasteiger partial charge in [0, 0.05) is 18.1 Å². The first-order chi connectivity index (χ1) is 8.58. The molecule has 3 nitrogen and oxygen atoms in total. The third-order valence-electron chi connectivity index (χ3n) is 3.38. The first-order valence-corrected chi connectivity index (χ1v) is 7.84. The molecule has 0 saturated carbocycles. The van der Waals surface area contributed by atoms with Crippen LogP contribution in [0.15, 0.2) is 5.16 Å². The Balaban J connectivity index is 2.10. The van der Waals surface area contributed by atoms with Gasteiger partial charge >= 0.3 is 0 Å². The summed E-state index contributed by atoms with van der Waals surface area (Å²) in [6.45, 7) is 10.6. The molecule has 0 aliphatic carbocycles. The number of imidazole rings is 1. The number of aromatic nitrogens is 2. The molecule has 4 heteroatoms. The standard InChI is InChI=1S/C14H24N2OS/c1-10(2)9-18-14-15-11(3)12(4)16(14)8-13-6-5-7-17-13/h10,13H,5-9H2,1-4H3/t13-/m1/s1. The molecule has 102 valence electrons. The van der Waals surface area contributed by atoms with Crippen molar-refractivity contribution < 1.29 is 4.74 Å². The molecule has 0 spiro atoms. The van der Waals surface area contributed by atoms with E-state index in [1.54, 1.807) is 0 Å². The zero-order valence-corrected chi connectivity index (χ0v) is 12.7. The molecule has 0 N–H and O–H groups in total. The average molecular weight is 268 g/mol. The molecule has 0 bridgehead atoms. The lowest BCUT2D eigenvalue weighted by Crippen LogP contribution is -2.17. The minimum atomic E-state index is 0.385. The number of ether oxygens (including phenoxy) is 1. The summed E-state index contributed by atoms with van der Waals surface area (Å²) < 4.78 is 8.09. The fourth-order valence-electron chi connectivity index (χ4n) is 2.18. The second-order valence-electron chi connectivity index (χ2n) is 5.52. The molecule has 1 aliphatic rings. The first kappa shape index (κ1) is 13.9. The maximum absolute atomic E-state index is 5.74. The fourth-order valence-corrected chi connectivity index (χ4v) is 3.23. The van der Waals surface area contributed by atoms with Crippen LogP contribution in [0.3, 0.4) is 0 Å². The van der Waals surface area contributed by atoms with Gasteiger partial charge in [0.1, 0.15) is 0 Å². The van der Waals surface area contributed by atoms with Crippen LogP contribution in [-0.2, 0) is 11.3 Å². The van der Waals surface area contributed by atoms with Crippen LogP contribution in [0.2, 0.25) is 0 Å². The Bertz CT molecular complexity index is 395. The Morgan fingerprint density at radius 3 is 2.83 bits per heavy atom. The van der Waals surface area contributed by atoms with E-state index in [1.165, 1.54) is 18.5 Å². The summed E-state index contributed by atoms with van der Waals surface area (Å²) in [5.74, 6) is 1.82. The lowest BCUT2D eigenvalue weighted by molar-refractivity contribution is 0.0945. The molecule has 2 heterocycles. The normalized spacial score (nSPS) is 19.9. The second kappa shape index (κ2) is 6.11. The number of thioether (sulfide) groups is 1. The molecule has 0 unspecified atom stereocenters. The van der Waals surface area contributed by atoms with Crippen LogP contribution in [-0.4, -0.2) is 28.0 Å². The topological polar surface area (TPSA) is 27.1 Å². The molecule has 0 radical (unpaired) electrons. The zero-order chi connectivity index (χ0) is 13.1. The van der Waals surface area contributed by atoms with Crippen LogP contribution in [0.4, 0.5) is 0 Å². The van der Waals surface area contributed by atoms with Crippen molar-refractivity contribution in [1.82, 2.24) is 9.55 Å². The van der Waals surface area contributed by atoms with Gasteiger partial charge in [0.15, 0.2) is 5.16 Å². The molecule has 1 saturated heterocycles. The monoisotopic (exact) mass is 268 g/mol. The van der Waals surface area contributed by atoms with Crippen molar-refractivity contribution in [3.05, 3.63) is 11.4 Å². The summed E-state index contributed by atoms with van der Waals surface area (Å²) in [7, 11) is 0. The highest BCUT2D eigenvalue weighted by molar-refractivity contribution is 7.99. The van der Waals surface area contributed by atoms with Gasteiger partial charge in [-0.1, -0.05) is 25.6 Å². The van der Waals surface area contributed by atoms with Crippen molar-refractivity contribution in [2.75, 3.05) is 12.4 Å². The Labute approximate surface area is 114 Å². The predicted octanol–water partition coefficient (Wildman–Crippen LogP) is 3.43. The van der Waals surface area contributed by atoms with E-state index in [0.29, 0.717) is 12.0 Å². The molecule has 0 aromatic carbocycles. The molecule has 2 rings (SSSR count). The van der Waals surface area contributed by atoms with E-state index in [0.717, 1.165) is 29.8 Å². The minimum absolute atomic E-state index is 0.385. The Kier molecular flexibility index (Phi) is 4.73. The van der Waals surface area contributed by atoms with Crippen molar-refractivity contribution in [3.63, 3.8) is 0 Å². The number of nitrogens with zero attached hydrogens (tertiary/aromatic N) is 2. The van der Waals surface area contributed by atoms with E-state index in [1.807, 2.05) is 11.8 Å². The van der Waals surface area contributed by atoms with E-state index < -0.39 is 0 Å². The van der Waals surface area contributed by atoms with Crippen molar-refractivity contribution in [2.45, 2.75) is 58.3 Å². The van der Waals surface area contributed by atoms with Gasteiger partial charge in [0.05, 0.1) is 18.3 Å². The smallest absolute Gasteiger partial charge is 0.168 e. The quantitative estimate of drug-likeness (QED) is 0.766. The van der Waals surface area contributed by atoms with E-state index in [9.17, 15) is 0 Å². The van der Waals surface area contributed by atoms with E-state index in [4.69, 9.17) is 9.72 Å². The van der Waals surface area contributed by atoms with Gasteiger partial charge in [-0.3, -0.25) is 0 Å². The summed E-state index contributed by atoms with van der Waals surface area (Å²) >= 11 is 1.87. The lowest BCUT2D eigenvalue weighted by atomic mass is 10.2. The predicted molar refractivity (Wildman–Crippen MR) is 76.2 cm³/mol. The van der Waals surface area contributed by atoms with E-state index in [2.05, 4.69) is 32.3 Å². The van der Waals surface area contributed by atoms with Gasteiger partial charge in [-0.2, -0.15) is 0 Å². The number of rotatable bonds is 5. The van der Waals surface area contributed by atoms with E-state index in [-0.39, 0.29) is 0 Å². The molecule has 1 fully saturated rings. The number of aryl methyl sites for hydroxylation is 1. The van der Waals surface area contributed by atoms with Crippen molar-refractivity contribution >= 4 is 11.8 Å². The van der Waals surface area contributed by atoms with Gasteiger partial charge in [-0.25, -0.2) is 4.98 Å². The molecule has 1 aromatic rings. The summed E-state index contributed by atoms with van der Waals surface area (Å²) in [5.41, 5.74) is 2.44. The van der Waals surface area contributed by atoms with Crippen LogP contribution < -0.4 is 0 Å². The molecular weight excluding hydrogens is 244 g/mol. The molecule has 18 heavy (non-hydrogen) atoms. The van der Waals surface area contributed by atoms with Crippen molar-refractivity contribution in [3.8, 4) is 0 Å². The Morgan fingerprint density at radius 1 is 1.44 bits per heavy atom. The van der Waals surface area contributed by atoms with Gasteiger partial charge in [0.2, 0.25) is 0 Å². The Morgan fingerprint density at radius 2 is 2.22 bits per heavy atom. The number of hydrogen-bond donors (Lipinski definition) is 0. The maximum Gasteiger partial charge on any atom is 0.168 e. The molecule has 1 aromatic heterocycles. The summed E-state index contributed by atoms with van der Waals surface area (Å²) in [4.78, 5) is 4.69. The largest absolute Gasteiger partial charge is 0.376 e. The highest BCUT2D eigenvalue weighted by Gasteiger charge is 2.20. The van der Waals surface area contributed by atoms with Gasteiger partial charge < -0.3 is 9.30 Å². The molecule has 1 aliphatic heterocycles. The third kappa shape index (κ3) is 3.29. The van der Waals surface area contributed by atoms with Gasteiger partial charge in [-0.05, 0) is 32.6 Å². The molecule has 0 amide bonds. The van der Waals surface area contributed by atoms with Crippen LogP contribution in [0.5, 0.6) is 0 Å². The summed E-state index contributed by atoms with van der Waals surface area (Å²) in [6, 6.07) is 0. The molecular formula is C14H24N2OS. The lowest BCUT2D eigenvalue weighted by Gasteiger charge is -2.15. The van der Waals surface area contributed by atoms with Crippen LogP contribution in [0, 0.1) is 19.8 Å². The van der Waals surface area contributed by atoms with Gasteiger partial charge in [-0.15, -0.1) is 0 Å². The van der Waals surface area contributed by atoms with Crippen molar-refractivity contribution in [2.24, 2.45) is 5.92 Å². The molecule has 1 atom stereocenters. The summed E-state index contributed by atoms with van der Waals surface area (Å²) in [5, 5.41) is 1.16. The SMILES string of the molecule is Cc1nc(SCC(C)C)n(C[C@H]2CCCO2)c1C. The fraction of sp³-hybridized carbons (Fsp3) is 0.786. The van der Waals surface area contributed by atoms with E-state index >= 15 is 0 Å². The second-order valence-corrected chi connectivity index (χ2v) is 6.50. The number of hydrogen-bond acceptors (Lipinski definition) is 3.